The smallest absolute Gasteiger partial charge is 0.265 e. The molecule has 1 atom stereocenters. The zero-order chi connectivity index (χ0) is 11.1. The van der Waals surface area contributed by atoms with Crippen molar-refractivity contribution in [1.29, 1.82) is 0 Å². The standard InChI is InChI=1S/C10H16N5/c1-7(2)4-15(3)6-14-8-9(11)12-5-13-10(8)15/h5-7H,4H2,1-3H3,(H2,11,12,13)/q+1. The summed E-state index contributed by atoms with van der Waals surface area (Å²) in [5.41, 5.74) is 6.47. The summed E-state index contributed by atoms with van der Waals surface area (Å²) >= 11 is 0. The first-order valence-corrected chi connectivity index (χ1v) is 5.04. The molecule has 80 valence electrons. The molecule has 5 nitrogen and oxygen atoms in total. The van der Waals surface area contributed by atoms with Gasteiger partial charge in [-0.1, -0.05) is 13.8 Å². The van der Waals surface area contributed by atoms with Crippen LogP contribution in [0.1, 0.15) is 13.8 Å². The molecule has 0 fully saturated rings. The number of nitrogens with zero attached hydrogens (tertiary/aromatic N) is 4. The van der Waals surface area contributed by atoms with Crippen molar-refractivity contribution in [3.63, 3.8) is 0 Å². The highest BCUT2D eigenvalue weighted by molar-refractivity contribution is 5.90. The van der Waals surface area contributed by atoms with E-state index in [-0.39, 0.29) is 0 Å². The molecule has 0 bridgehead atoms. The minimum Gasteiger partial charge on any atom is -0.382 e. The van der Waals surface area contributed by atoms with Gasteiger partial charge >= 0.3 is 0 Å². The summed E-state index contributed by atoms with van der Waals surface area (Å²) in [4.78, 5) is 12.5. The van der Waals surface area contributed by atoms with E-state index in [9.17, 15) is 0 Å². The largest absolute Gasteiger partial charge is 0.382 e. The van der Waals surface area contributed by atoms with Crippen molar-refractivity contribution >= 4 is 23.7 Å². The molecule has 1 aliphatic rings. The molecule has 1 aromatic heterocycles. The lowest BCUT2D eigenvalue weighted by Gasteiger charge is -2.25. The summed E-state index contributed by atoms with van der Waals surface area (Å²) in [7, 11) is 2.09. The number of nitrogens with two attached hydrogens (primary N) is 1. The van der Waals surface area contributed by atoms with Crippen molar-refractivity contribution in [3.05, 3.63) is 6.33 Å². The average molecular weight is 206 g/mol. The van der Waals surface area contributed by atoms with Gasteiger partial charge in [0.25, 0.3) is 5.82 Å². The third kappa shape index (κ3) is 1.59. The molecule has 2 heterocycles. The summed E-state index contributed by atoms with van der Waals surface area (Å²) in [5, 5.41) is 0. The maximum Gasteiger partial charge on any atom is 0.265 e. The number of aromatic nitrogens is 2. The van der Waals surface area contributed by atoms with E-state index in [2.05, 4.69) is 35.9 Å². The van der Waals surface area contributed by atoms with Crippen molar-refractivity contribution in [2.45, 2.75) is 13.8 Å². The van der Waals surface area contributed by atoms with Crippen LogP contribution >= 0.6 is 0 Å². The van der Waals surface area contributed by atoms with E-state index in [4.69, 9.17) is 5.73 Å². The van der Waals surface area contributed by atoms with Gasteiger partial charge in [0.1, 0.15) is 6.33 Å². The van der Waals surface area contributed by atoms with Gasteiger partial charge in [0, 0.05) is 5.92 Å². The predicted octanol–water partition coefficient (Wildman–Crippen LogP) is 1.33. The lowest BCUT2D eigenvalue weighted by molar-refractivity contribution is 0.424. The summed E-state index contributed by atoms with van der Waals surface area (Å²) in [6.07, 6.45) is 3.38. The summed E-state index contributed by atoms with van der Waals surface area (Å²) < 4.78 is 0.611. The van der Waals surface area contributed by atoms with Crippen molar-refractivity contribution < 1.29 is 0 Å². The first-order chi connectivity index (χ1) is 7.03. The van der Waals surface area contributed by atoms with Crippen LogP contribution in [0.4, 0.5) is 17.3 Å². The fourth-order valence-electron chi connectivity index (χ4n) is 2.01. The third-order valence-corrected chi connectivity index (χ3v) is 2.50. The topological polar surface area (TPSA) is 64.2 Å². The van der Waals surface area contributed by atoms with Crippen molar-refractivity contribution in [3.8, 4) is 0 Å². The third-order valence-electron chi connectivity index (χ3n) is 2.50. The van der Waals surface area contributed by atoms with Crippen LogP contribution in [0.5, 0.6) is 0 Å². The molecular formula is C10H16N5+. The van der Waals surface area contributed by atoms with E-state index in [1.807, 2.05) is 6.34 Å². The molecule has 0 spiro atoms. The van der Waals surface area contributed by atoms with Gasteiger partial charge in [-0.05, 0) is 0 Å². The molecule has 5 heteroatoms. The predicted molar refractivity (Wildman–Crippen MR) is 62.0 cm³/mol. The Kier molecular flexibility index (Phi) is 2.19. The number of hydrogen-bond acceptors (Lipinski definition) is 4. The van der Waals surface area contributed by atoms with E-state index in [1.54, 1.807) is 0 Å². The van der Waals surface area contributed by atoms with Gasteiger partial charge < -0.3 is 5.73 Å². The molecule has 0 aromatic carbocycles. The van der Waals surface area contributed by atoms with Gasteiger partial charge in [0.05, 0.1) is 13.6 Å². The van der Waals surface area contributed by atoms with Crippen LogP contribution in [0.15, 0.2) is 11.3 Å². The Balaban J connectivity index is 2.44. The summed E-state index contributed by atoms with van der Waals surface area (Å²) in [5.74, 6) is 1.93. The second-order valence-electron chi connectivity index (χ2n) is 4.52. The molecule has 1 unspecified atom stereocenters. The summed E-state index contributed by atoms with van der Waals surface area (Å²) in [6, 6.07) is 0. The van der Waals surface area contributed by atoms with E-state index in [1.165, 1.54) is 6.33 Å². The van der Waals surface area contributed by atoms with Crippen LogP contribution in [0.25, 0.3) is 0 Å². The van der Waals surface area contributed by atoms with E-state index >= 15 is 0 Å². The highest BCUT2D eigenvalue weighted by Gasteiger charge is 2.35. The lowest BCUT2D eigenvalue weighted by Crippen LogP contribution is -2.45. The highest BCUT2D eigenvalue weighted by atomic mass is 15.4. The summed E-state index contributed by atoms with van der Waals surface area (Å²) in [6.45, 7) is 5.33. The van der Waals surface area contributed by atoms with Crippen LogP contribution in [-0.2, 0) is 0 Å². The maximum absolute atomic E-state index is 5.75. The molecular weight excluding hydrogens is 190 g/mol. The Morgan fingerprint density at radius 3 is 2.80 bits per heavy atom. The Hall–Kier alpha value is -1.49. The number of anilines is 1. The molecule has 2 rings (SSSR count). The zero-order valence-corrected chi connectivity index (χ0v) is 9.31. The lowest BCUT2D eigenvalue weighted by atomic mass is 10.2. The Labute approximate surface area is 89.3 Å². The van der Waals surface area contributed by atoms with Crippen LogP contribution in [0.3, 0.4) is 0 Å². The first-order valence-electron chi connectivity index (χ1n) is 5.04. The van der Waals surface area contributed by atoms with Gasteiger partial charge in [-0.3, -0.25) is 0 Å². The second-order valence-corrected chi connectivity index (χ2v) is 4.52. The van der Waals surface area contributed by atoms with Crippen LogP contribution < -0.4 is 10.2 Å². The van der Waals surface area contributed by atoms with E-state index < -0.39 is 0 Å². The van der Waals surface area contributed by atoms with Crippen LogP contribution in [-0.4, -0.2) is 29.9 Å². The molecule has 0 aliphatic carbocycles. The van der Waals surface area contributed by atoms with Gasteiger partial charge in [-0.2, -0.15) is 9.98 Å². The van der Waals surface area contributed by atoms with E-state index in [0.717, 1.165) is 18.1 Å². The van der Waals surface area contributed by atoms with Crippen LogP contribution in [0, 0.1) is 5.92 Å². The molecule has 1 aliphatic heterocycles. The number of rotatable bonds is 2. The fourth-order valence-corrected chi connectivity index (χ4v) is 2.01. The van der Waals surface area contributed by atoms with Gasteiger partial charge in [-0.15, -0.1) is 0 Å². The molecule has 0 saturated heterocycles. The molecule has 2 N–H and O–H groups in total. The van der Waals surface area contributed by atoms with Gasteiger partial charge in [0.2, 0.25) is 0 Å². The van der Waals surface area contributed by atoms with Crippen LogP contribution in [0.2, 0.25) is 0 Å². The fraction of sp³-hybridized carbons (Fsp3) is 0.500. The monoisotopic (exact) mass is 206 g/mol. The minimum atomic E-state index is 0.460. The van der Waals surface area contributed by atoms with Crippen molar-refractivity contribution in [2.75, 3.05) is 19.3 Å². The Morgan fingerprint density at radius 1 is 1.40 bits per heavy atom. The molecule has 0 saturated carbocycles. The number of quaternary nitrogens is 1. The number of nitrogen functional groups attached to an aromatic ring is 1. The maximum atomic E-state index is 5.75. The highest BCUT2D eigenvalue weighted by Crippen LogP contribution is 2.38. The van der Waals surface area contributed by atoms with Crippen molar-refractivity contribution in [1.82, 2.24) is 14.5 Å². The number of aliphatic imine (C=N–C) groups is 1. The molecule has 0 radical (unpaired) electrons. The quantitative estimate of drug-likeness (QED) is 0.742. The average Bonchev–Trinajstić information content (AvgIpc) is 2.44. The molecule has 15 heavy (non-hydrogen) atoms. The second kappa shape index (κ2) is 3.27. The Morgan fingerprint density at radius 2 is 2.13 bits per heavy atom. The van der Waals surface area contributed by atoms with E-state index in [0.29, 0.717) is 16.2 Å². The Bertz CT molecular complexity index is 412. The van der Waals surface area contributed by atoms with Gasteiger partial charge in [-0.25, -0.2) is 9.47 Å². The van der Waals surface area contributed by atoms with Crippen molar-refractivity contribution in [2.24, 2.45) is 10.9 Å². The minimum absolute atomic E-state index is 0.460. The molecule has 1 aromatic rings. The number of hydrogen-bond donors (Lipinski definition) is 1. The SMILES string of the molecule is CC(C)C[N+]1(C)C=Nc2c(N)ncnc21. The first kappa shape index (κ1) is 10.0. The van der Waals surface area contributed by atoms with Gasteiger partial charge in [0.15, 0.2) is 17.8 Å². The molecule has 0 amide bonds. The normalized spacial score (nSPS) is 23.5. The number of fused-ring (bicyclic) bond motifs is 1. The zero-order valence-electron chi connectivity index (χ0n) is 9.31.